The maximum Gasteiger partial charge on any atom is 0.224 e. The highest BCUT2D eigenvalue weighted by molar-refractivity contribution is 5.44. The molecule has 1 saturated heterocycles. The predicted molar refractivity (Wildman–Crippen MR) is 91.1 cm³/mol. The maximum atomic E-state index is 5.72. The zero-order valence-electron chi connectivity index (χ0n) is 14.0. The van der Waals surface area contributed by atoms with Gasteiger partial charge in [-0.15, -0.1) is 0 Å². The number of hydrogen-bond donors (Lipinski definition) is 2. The molecule has 2 N–H and O–H groups in total. The molecule has 2 aliphatic heterocycles. The molecule has 128 valence electrons. The zero-order valence-corrected chi connectivity index (χ0v) is 14.0. The third-order valence-electron chi connectivity index (χ3n) is 4.89. The molecule has 0 amide bonds. The number of anilines is 2. The molecular formula is C16H23N7O. The molecule has 0 saturated carbocycles. The van der Waals surface area contributed by atoms with E-state index in [-0.39, 0.29) is 12.1 Å². The quantitative estimate of drug-likeness (QED) is 0.834. The lowest BCUT2D eigenvalue weighted by molar-refractivity contribution is 0.0929. The van der Waals surface area contributed by atoms with Gasteiger partial charge in [-0.05, 0) is 12.5 Å². The van der Waals surface area contributed by atoms with Gasteiger partial charge >= 0.3 is 0 Å². The molecule has 0 spiro atoms. The lowest BCUT2D eigenvalue weighted by atomic mass is 10.1. The van der Waals surface area contributed by atoms with Gasteiger partial charge < -0.3 is 24.8 Å². The summed E-state index contributed by atoms with van der Waals surface area (Å²) >= 11 is 0. The van der Waals surface area contributed by atoms with Crippen molar-refractivity contribution in [3.05, 3.63) is 30.5 Å². The van der Waals surface area contributed by atoms with Crippen LogP contribution in [0.2, 0.25) is 0 Å². The standard InChI is InChI=1S/C16H23N7O/c1-17-16-19-5-3-14(21-16)23-9-12(13(10-23)24-2)20-11-4-7-22-8-6-18-15(11)22/h3,5-6,8,11-13,20H,4,7,9-10H2,1-2H3,(H,17,19,21)/t11?,12-,13+/m1/s1. The average Bonchev–Trinajstić information content (AvgIpc) is 3.32. The monoisotopic (exact) mass is 329 g/mol. The lowest BCUT2D eigenvalue weighted by Gasteiger charge is -2.22. The molecule has 0 radical (unpaired) electrons. The zero-order chi connectivity index (χ0) is 16.5. The molecule has 4 rings (SSSR count). The average molecular weight is 329 g/mol. The summed E-state index contributed by atoms with van der Waals surface area (Å²) in [5.74, 6) is 2.69. The van der Waals surface area contributed by atoms with Crippen molar-refractivity contribution in [3.8, 4) is 0 Å². The van der Waals surface area contributed by atoms with Gasteiger partial charge in [0.25, 0.3) is 0 Å². The summed E-state index contributed by atoms with van der Waals surface area (Å²) in [6.45, 7) is 2.70. The van der Waals surface area contributed by atoms with Crippen molar-refractivity contribution in [1.82, 2.24) is 24.8 Å². The first-order chi connectivity index (χ1) is 11.8. The summed E-state index contributed by atoms with van der Waals surface area (Å²) in [6.07, 6.45) is 6.91. The fourth-order valence-electron chi connectivity index (χ4n) is 3.64. The van der Waals surface area contributed by atoms with Gasteiger partial charge in [0.1, 0.15) is 11.6 Å². The predicted octanol–water partition coefficient (Wildman–Crippen LogP) is 0.653. The minimum absolute atomic E-state index is 0.127. The van der Waals surface area contributed by atoms with Gasteiger partial charge in [0.2, 0.25) is 5.95 Å². The second-order valence-electron chi connectivity index (χ2n) is 6.26. The Labute approximate surface area is 141 Å². The maximum absolute atomic E-state index is 5.72. The molecule has 0 aromatic carbocycles. The van der Waals surface area contributed by atoms with Crippen LogP contribution in [0.5, 0.6) is 0 Å². The molecule has 2 aliphatic rings. The number of fused-ring (bicyclic) bond motifs is 1. The molecule has 1 unspecified atom stereocenters. The molecule has 8 nitrogen and oxygen atoms in total. The highest BCUT2D eigenvalue weighted by atomic mass is 16.5. The van der Waals surface area contributed by atoms with Crippen LogP contribution in [-0.2, 0) is 11.3 Å². The van der Waals surface area contributed by atoms with Gasteiger partial charge in [0.05, 0.1) is 18.2 Å². The van der Waals surface area contributed by atoms with E-state index in [1.54, 1.807) is 13.3 Å². The highest BCUT2D eigenvalue weighted by Gasteiger charge is 2.36. The van der Waals surface area contributed by atoms with E-state index in [0.717, 1.165) is 37.7 Å². The molecule has 3 atom stereocenters. The Morgan fingerprint density at radius 2 is 2.17 bits per heavy atom. The van der Waals surface area contributed by atoms with E-state index in [1.165, 1.54) is 0 Å². The van der Waals surface area contributed by atoms with Gasteiger partial charge in [0, 0.05) is 52.4 Å². The number of aromatic nitrogens is 4. The number of nitrogens with one attached hydrogen (secondary N) is 2. The van der Waals surface area contributed by atoms with Crippen molar-refractivity contribution >= 4 is 11.8 Å². The minimum atomic E-state index is 0.127. The summed E-state index contributed by atoms with van der Waals surface area (Å²) in [7, 11) is 3.60. The van der Waals surface area contributed by atoms with Crippen LogP contribution in [0.1, 0.15) is 18.3 Å². The van der Waals surface area contributed by atoms with Crippen LogP contribution in [0.15, 0.2) is 24.7 Å². The van der Waals surface area contributed by atoms with Crippen molar-refractivity contribution in [2.24, 2.45) is 0 Å². The van der Waals surface area contributed by atoms with Gasteiger partial charge in [-0.25, -0.2) is 9.97 Å². The summed E-state index contributed by atoms with van der Waals surface area (Å²) < 4.78 is 7.94. The molecule has 0 bridgehead atoms. The van der Waals surface area contributed by atoms with E-state index < -0.39 is 0 Å². The Morgan fingerprint density at radius 3 is 3.00 bits per heavy atom. The summed E-state index contributed by atoms with van der Waals surface area (Å²) in [4.78, 5) is 15.5. The number of nitrogens with zero attached hydrogens (tertiary/aromatic N) is 5. The van der Waals surface area contributed by atoms with Crippen molar-refractivity contribution in [1.29, 1.82) is 0 Å². The van der Waals surface area contributed by atoms with Crippen LogP contribution in [-0.4, -0.2) is 58.9 Å². The molecule has 4 heterocycles. The molecular weight excluding hydrogens is 306 g/mol. The summed E-state index contributed by atoms with van der Waals surface area (Å²) in [5.41, 5.74) is 0. The van der Waals surface area contributed by atoms with Crippen molar-refractivity contribution in [2.75, 3.05) is 37.5 Å². The van der Waals surface area contributed by atoms with Gasteiger partial charge in [-0.2, -0.15) is 4.98 Å². The third-order valence-corrected chi connectivity index (χ3v) is 4.89. The first-order valence-electron chi connectivity index (χ1n) is 8.34. The first-order valence-corrected chi connectivity index (χ1v) is 8.34. The normalized spacial score (nSPS) is 25.9. The number of rotatable bonds is 5. The molecule has 8 heteroatoms. The first kappa shape index (κ1) is 15.3. The Balaban J connectivity index is 1.48. The van der Waals surface area contributed by atoms with E-state index in [0.29, 0.717) is 12.0 Å². The van der Waals surface area contributed by atoms with Crippen LogP contribution in [0.4, 0.5) is 11.8 Å². The highest BCUT2D eigenvalue weighted by Crippen LogP contribution is 2.27. The van der Waals surface area contributed by atoms with Crippen LogP contribution in [0.3, 0.4) is 0 Å². The summed E-state index contributed by atoms with van der Waals surface area (Å²) in [6, 6.07) is 2.48. The Bertz CT molecular complexity index is 703. The van der Waals surface area contributed by atoms with E-state index in [4.69, 9.17) is 4.74 Å². The van der Waals surface area contributed by atoms with Crippen LogP contribution < -0.4 is 15.5 Å². The molecule has 2 aromatic rings. The smallest absolute Gasteiger partial charge is 0.224 e. The Kier molecular flexibility index (Phi) is 4.07. The molecule has 0 aliphatic carbocycles. The van der Waals surface area contributed by atoms with E-state index in [2.05, 4.69) is 35.1 Å². The molecule has 1 fully saturated rings. The summed E-state index contributed by atoms with van der Waals surface area (Å²) in [5, 5.41) is 6.73. The second kappa shape index (κ2) is 6.37. The van der Waals surface area contributed by atoms with E-state index in [9.17, 15) is 0 Å². The SMILES string of the molecule is CNc1nccc(N2C[C@H](OC)[C@H](NC3CCn4ccnc43)C2)n1. The van der Waals surface area contributed by atoms with Gasteiger partial charge in [-0.3, -0.25) is 0 Å². The lowest BCUT2D eigenvalue weighted by Crippen LogP contribution is -2.41. The molecule has 24 heavy (non-hydrogen) atoms. The number of hydrogen-bond acceptors (Lipinski definition) is 7. The number of imidazole rings is 1. The third kappa shape index (κ3) is 2.71. The van der Waals surface area contributed by atoms with Crippen LogP contribution in [0.25, 0.3) is 0 Å². The van der Waals surface area contributed by atoms with Crippen LogP contribution in [0, 0.1) is 0 Å². The van der Waals surface area contributed by atoms with E-state index >= 15 is 0 Å². The number of methoxy groups -OCH3 is 1. The fraction of sp³-hybridized carbons (Fsp3) is 0.562. The minimum Gasteiger partial charge on any atom is -0.378 e. The Morgan fingerprint density at radius 1 is 1.25 bits per heavy atom. The number of ether oxygens (including phenoxy) is 1. The van der Waals surface area contributed by atoms with Gasteiger partial charge in [0.15, 0.2) is 0 Å². The number of aryl methyl sites for hydroxylation is 1. The fourth-order valence-corrected chi connectivity index (χ4v) is 3.64. The van der Waals surface area contributed by atoms with Crippen molar-refractivity contribution in [2.45, 2.75) is 31.2 Å². The Hall–Kier alpha value is -2.19. The topological polar surface area (TPSA) is 80.1 Å². The van der Waals surface area contributed by atoms with Crippen molar-refractivity contribution in [3.63, 3.8) is 0 Å². The van der Waals surface area contributed by atoms with Gasteiger partial charge in [-0.1, -0.05) is 0 Å². The largest absolute Gasteiger partial charge is 0.378 e. The van der Waals surface area contributed by atoms with Crippen LogP contribution >= 0.6 is 0 Å². The van der Waals surface area contributed by atoms with E-state index in [1.807, 2.05) is 25.5 Å². The van der Waals surface area contributed by atoms with Crippen molar-refractivity contribution < 1.29 is 4.74 Å². The molecule has 2 aromatic heterocycles. The second-order valence-corrected chi connectivity index (χ2v) is 6.26.